The van der Waals surface area contributed by atoms with Crippen molar-refractivity contribution in [1.29, 1.82) is 0 Å². The van der Waals surface area contributed by atoms with Crippen molar-refractivity contribution in [3.63, 3.8) is 0 Å². The third kappa shape index (κ3) is 2.16. The van der Waals surface area contributed by atoms with E-state index >= 15 is 0 Å². The molecule has 1 atom stereocenters. The van der Waals surface area contributed by atoms with Crippen LogP contribution in [0.25, 0.3) is 0 Å². The summed E-state index contributed by atoms with van der Waals surface area (Å²) in [6, 6.07) is 7.99. The summed E-state index contributed by atoms with van der Waals surface area (Å²) in [7, 11) is 1.66. The van der Waals surface area contributed by atoms with Gasteiger partial charge in [0.2, 0.25) is 0 Å². The molecule has 1 aliphatic carbocycles. The highest BCUT2D eigenvalue weighted by Crippen LogP contribution is 2.34. The number of methoxy groups -OCH3 is 1. The first-order valence-corrected chi connectivity index (χ1v) is 5.64. The average molecular weight is 216 g/mol. The zero-order valence-corrected chi connectivity index (χ0v) is 9.48. The van der Waals surface area contributed by atoms with Crippen molar-refractivity contribution in [2.24, 2.45) is 0 Å². The maximum Gasteiger partial charge on any atom is 0.146 e. The molecule has 0 aliphatic heterocycles. The lowest BCUT2D eigenvalue weighted by Gasteiger charge is -2.21. The Balaban J connectivity index is 2.31. The molecule has 16 heavy (non-hydrogen) atoms. The van der Waals surface area contributed by atoms with Gasteiger partial charge in [-0.2, -0.15) is 0 Å². The molecule has 1 unspecified atom stereocenters. The molecule has 0 radical (unpaired) electrons. The number of allylic oxidation sites excluding steroid dienone is 2. The Morgan fingerprint density at radius 2 is 2.31 bits per heavy atom. The van der Waals surface area contributed by atoms with Gasteiger partial charge in [-0.1, -0.05) is 18.2 Å². The highest BCUT2D eigenvalue weighted by Gasteiger charge is 2.19. The molecule has 0 heterocycles. The Labute approximate surface area is 95.9 Å². The molecule has 0 bridgehead atoms. The minimum Gasteiger partial charge on any atom is -0.497 e. The first-order chi connectivity index (χ1) is 7.85. The summed E-state index contributed by atoms with van der Waals surface area (Å²) in [5, 5.41) is 0. The standard InChI is InChI=1S/C14H16O2/c1-16-13-7-4-6-11(9-13)14-8-3-2-5-12(14)10-15/h4-7,9-10,14H,2-3,8H2,1H3. The molecule has 2 heteroatoms. The number of rotatable bonds is 3. The molecule has 84 valence electrons. The van der Waals surface area contributed by atoms with E-state index in [2.05, 4.69) is 12.1 Å². The van der Waals surface area contributed by atoms with Crippen LogP contribution in [0.2, 0.25) is 0 Å². The van der Waals surface area contributed by atoms with Crippen LogP contribution >= 0.6 is 0 Å². The summed E-state index contributed by atoms with van der Waals surface area (Å²) in [6.45, 7) is 0. The van der Waals surface area contributed by atoms with Crippen molar-refractivity contribution in [3.8, 4) is 5.75 Å². The van der Waals surface area contributed by atoms with Gasteiger partial charge in [0, 0.05) is 5.92 Å². The second kappa shape index (κ2) is 4.97. The van der Waals surface area contributed by atoms with E-state index < -0.39 is 0 Å². The van der Waals surface area contributed by atoms with Gasteiger partial charge in [-0.15, -0.1) is 0 Å². The molecule has 0 aromatic heterocycles. The van der Waals surface area contributed by atoms with Crippen molar-refractivity contribution in [3.05, 3.63) is 41.5 Å². The number of hydrogen-bond donors (Lipinski definition) is 0. The first kappa shape index (κ1) is 10.9. The number of ether oxygens (including phenoxy) is 1. The zero-order chi connectivity index (χ0) is 11.4. The van der Waals surface area contributed by atoms with Gasteiger partial charge in [0.25, 0.3) is 0 Å². The van der Waals surface area contributed by atoms with E-state index in [1.165, 1.54) is 5.56 Å². The Hall–Kier alpha value is -1.57. The fraction of sp³-hybridized carbons (Fsp3) is 0.357. The molecule has 2 rings (SSSR count). The molecular formula is C14H16O2. The smallest absolute Gasteiger partial charge is 0.146 e. The molecule has 0 amide bonds. The highest BCUT2D eigenvalue weighted by molar-refractivity contribution is 5.76. The predicted octanol–water partition coefficient (Wildman–Crippen LogP) is 3.09. The van der Waals surface area contributed by atoms with Crippen molar-refractivity contribution < 1.29 is 9.53 Å². The van der Waals surface area contributed by atoms with Crippen molar-refractivity contribution in [2.45, 2.75) is 25.2 Å². The third-order valence-corrected chi connectivity index (χ3v) is 3.11. The highest BCUT2D eigenvalue weighted by atomic mass is 16.5. The summed E-state index contributed by atoms with van der Waals surface area (Å²) in [5.41, 5.74) is 2.09. The van der Waals surface area contributed by atoms with Crippen molar-refractivity contribution in [2.75, 3.05) is 7.11 Å². The Kier molecular flexibility index (Phi) is 3.40. The Bertz CT molecular complexity index is 407. The number of benzene rings is 1. The molecular weight excluding hydrogens is 200 g/mol. The van der Waals surface area contributed by atoms with Crippen LogP contribution in [-0.2, 0) is 4.79 Å². The van der Waals surface area contributed by atoms with Gasteiger partial charge in [0.1, 0.15) is 12.0 Å². The van der Waals surface area contributed by atoms with Crippen LogP contribution in [0.4, 0.5) is 0 Å². The molecule has 0 N–H and O–H groups in total. The van der Waals surface area contributed by atoms with Gasteiger partial charge in [0.15, 0.2) is 0 Å². The summed E-state index contributed by atoms with van der Waals surface area (Å²) in [5.74, 6) is 1.11. The minimum absolute atomic E-state index is 0.251. The van der Waals surface area contributed by atoms with Gasteiger partial charge in [-0.05, 0) is 42.5 Å². The monoisotopic (exact) mass is 216 g/mol. The molecule has 0 fully saturated rings. The maximum absolute atomic E-state index is 11.0. The van der Waals surface area contributed by atoms with Crippen LogP contribution in [0.3, 0.4) is 0 Å². The Morgan fingerprint density at radius 3 is 3.06 bits per heavy atom. The molecule has 0 saturated heterocycles. The van der Waals surface area contributed by atoms with Crippen LogP contribution in [0.1, 0.15) is 30.7 Å². The summed E-state index contributed by atoms with van der Waals surface area (Å²) >= 11 is 0. The van der Waals surface area contributed by atoms with Crippen molar-refractivity contribution >= 4 is 6.29 Å². The third-order valence-electron chi connectivity index (χ3n) is 3.11. The quantitative estimate of drug-likeness (QED) is 0.726. The molecule has 0 spiro atoms. The van der Waals surface area contributed by atoms with E-state index in [1.54, 1.807) is 7.11 Å². The van der Waals surface area contributed by atoms with E-state index in [4.69, 9.17) is 4.74 Å². The maximum atomic E-state index is 11.0. The summed E-state index contributed by atoms with van der Waals surface area (Å²) < 4.78 is 5.21. The van der Waals surface area contributed by atoms with E-state index in [0.717, 1.165) is 36.9 Å². The summed E-state index contributed by atoms with van der Waals surface area (Å²) in [6.07, 6.45) is 6.27. The predicted molar refractivity (Wildman–Crippen MR) is 63.7 cm³/mol. The normalized spacial score (nSPS) is 20.1. The molecule has 1 aromatic carbocycles. The minimum atomic E-state index is 0.251. The van der Waals surface area contributed by atoms with Crippen LogP contribution in [0.15, 0.2) is 35.9 Å². The lowest BCUT2D eigenvalue weighted by molar-refractivity contribution is -0.105. The second-order valence-electron chi connectivity index (χ2n) is 4.08. The lowest BCUT2D eigenvalue weighted by atomic mass is 9.83. The number of carbonyl (C=O) groups is 1. The van der Waals surface area contributed by atoms with Crippen LogP contribution < -0.4 is 4.74 Å². The van der Waals surface area contributed by atoms with Gasteiger partial charge in [0.05, 0.1) is 7.11 Å². The van der Waals surface area contributed by atoms with E-state index in [0.29, 0.717) is 0 Å². The average Bonchev–Trinajstić information content (AvgIpc) is 2.38. The van der Waals surface area contributed by atoms with Gasteiger partial charge in [-0.25, -0.2) is 0 Å². The summed E-state index contributed by atoms with van der Waals surface area (Å²) in [4.78, 5) is 11.0. The molecule has 2 nitrogen and oxygen atoms in total. The van der Waals surface area contributed by atoms with Crippen LogP contribution in [-0.4, -0.2) is 13.4 Å². The lowest BCUT2D eigenvalue weighted by Crippen LogP contribution is -2.08. The fourth-order valence-electron chi connectivity index (χ4n) is 2.25. The topological polar surface area (TPSA) is 26.3 Å². The molecule has 0 saturated carbocycles. The van der Waals surface area contributed by atoms with E-state index in [-0.39, 0.29) is 5.92 Å². The number of aldehydes is 1. The molecule has 1 aliphatic rings. The van der Waals surface area contributed by atoms with Gasteiger partial charge >= 0.3 is 0 Å². The van der Waals surface area contributed by atoms with E-state index in [9.17, 15) is 4.79 Å². The van der Waals surface area contributed by atoms with E-state index in [1.807, 2.05) is 18.2 Å². The van der Waals surface area contributed by atoms with Gasteiger partial charge < -0.3 is 4.74 Å². The second-order valence-corrected chi connectivity index (χ2v) is 4.08. The van der Waals surface area contributed by atoms with Crippen molar-refractivity contribution in [1.82, 2.24) is 0 Å². The Morgan fingerprint density at radius 1 is 1.44 bits per heavy atom. The van der Waals surface area contributed by atoms with Crippen LogP contribution in [0, 0.1) is 0 Å². The van der Waals surface area contributed by atoms with Crippen LogP contribution in [0.5, 0.6) is 5.75 Å². The fourth-order valence-corrected chi connectivity index (χ4v) is 2.25. The largest absolute Gasteiger partial charge is 0.497 e. The first-order valence-electron chi connectivity index (χ1n) is 5.64. The van der Waals surface area contributed by atoms with Gasteiger partial charge in [-0.3, -0.25) is 4.79 Å². The number of hydrogen-bond acceptors (Lipinski definition) is 2. The SMILES string of the molecule is COc1cccc(C2CCCC=C2C=O)c1. The zero-order valence-electron chi connectivity index (χ0n) is 9.48. The number of carbonyl (C=O) groups excluding carboxylic acids is 1. The molecule has 1 aromatic rings.